The monoisotopic (exact) mass is 538 g/mol. The summed E-state index contributed by atoms with van der Waals surface area (Å²) in [6, 6.07) is 14.7. The van der Waals surface area contributed by atoms with Crippen LogP contribution in [0.15, 0.2) is 54.2 Å². The molecular formula is C27H30N4O6S. The van der Waals surface area contributed by atoms with E-state index in [1.165, 1.54) is 10.3 Å². The van der Waals surface area contributed by atoms with Crippen molar-refractivity contribution in [2.75, 3.05) is 26.7 Å². The van der Waals surface area contributed by atoms with E-state index in [1.807, 2.05) is 29.8 Å². The molecule has 1 saturated heterocycles. The number of aliphatic hydroxyl groups excluding tert-OH is 1. The number of hydrogen-bond acceptors (Lipinski definition) is 9. The van der Waals surface area contributed by atoms with Crippen LogP contribution in [-0.4, -0.2) is 74.9 Å². The van der Waals surface area contributed by atoms with Gasteiger partial charge in [0.2, 0.25) is 0 Å². The summed E-state index contributed by atoms with van der Waals surface area (Å²) in [5, 5.41) is 30.4. The molecule has 0 spiro atoms. The topological polar surface area (TPSA) is 145 Å². The number of pyridine rings is 1. The third-order valence-corrected chi connectivity index (χ3v) is 7.34. The molecule has 11 heteroatoms. The highest BCUT2D eigenvalue weighted by atomic mass is 32.1. The van der Waals surface area contributed by atoms with Crippen molar-refractivity contribution in [1.82, 2.24) is 20.2 Å². The van der Waals surface area contributed by atoms with Crippen LogP contribution in [0.4, 0.5) is 0 Å². The van der Waals surface area contributed by atoms with E-state index >= 15 is 0 Å². The van der Waals surface area contributed by atoms with Crippen molar-refractivity contribution >= 4 is 44.4 Å². The Bertz CT molecular complexity index is 1390. The number of likely N-dealkylation sites (tertiary alicyclic amines) is 1. The van der Waals surface area contributed by atoms with Crippen LogP contribution in [0.2, 0.25) is 0 Å². The number of carboxylic acid groups (broad SMARTS) is 2. The molecule has 1 atom stereocenters. The van der Waals surface area contributed by atoms with Crippen molar-refractivity contribution in [1.29, 1.82) is 0 Å². The molecule has 4 aromatic rings. The molecule has 0 saturated carbocycles. The molecule has 4 N–H and O–H groups in total. The predicted molar refractivity (Wildman–Crippen MR) is 144 cm³/mol. The minimum Gasteiger partial charge on any atom is -0.497 e. The zero-order valence-corrected chi connectivity index (χ0v) is 21.7. The molecule has 0 aliphatic carbocycles. The minimum absolute atomic E-state index is 0.501. The summed E-state index contributed by atoms with van der Waals surface area (Å²) in [4.78, 5) is 29.4. The molecule has 2 aromatic heterocycles. The van der Waals surface area contributed by atoms with Gasteiger partial charge in [-0.25, -0.2) is 14.6 Å². The summed E-state index contributed by atoms with van der Waals surface area (Å²) in [5.74, 6) is -2.87. The number of piperidine rings is 1. The fraction of sp³-hybridized carbons (Fsp3) is 0.333. The van der Waals surface area contributed by atoms with Crippen molar-refractivity contribution < 1.29 is 29.6 Å². The number of hydrogen-bond donors (Lipinski definition) is 4. The fourth-order valence-electron chi connectivity index (χ4n) is 4.50. The van der Waals surface area contributed by atoms with Gasteiger partial charge < -0.3 is 30.3 Å². The molecular weight excluding hydrogens is 508 g/mol. The van der Waals surface area contributed by atoms with E-state index in [9.17, 15) is 5.11 Å². The van der Waals surface area contributed by atoms with Crippen LogP contribution in [0, 0.1) is 0 Å². The minimum atomic E-state index is -1.82. The van der Waals surface area contributed by atoms with Gasteiger partial charge in [0.05, 0.1) is 34.5 Å². The normalized spacial score (nSPS) is 15.1. The Balaban J connectivity index is 0.000000505. The Morgan fingerprint density at radius 1 is 1.08 bits per heavy atom. The van der Waals surface area contributed by atoms with Crippen LogP contribution in [-0.2, 0) is 16.1 Å². The lowest BCUT2D eigenvalue weighted by Crippen LogP contribution is -2.43. The first kappa shape index (κ1) is 27.4. The van der Waals surface area contributed by atoms with Gasteiger partial charge in [-0.1, -0.05) is 6.07 Å². The van der Waals surface area contributed by atoms with E-state index in [4.69, 9.17) is 24.5 Å². The van der Waals surface area contributed by atoms with Gasteiger partial charge >= 0.3 is 11.9 Å². The number of aliphatic hydroxyl groups is 1. The number of nitrogens with one attached hydrogen (secondary N) is 1. The largest absolute Gasteiger partial charge is 0.497 e. The van der Waals surface area contributed by atoms with E-state index in [2.05, 4.69) is 38.4 Å². The van der Waals surface area contributed by atoms with Gasteiger partial charge in [-0.15, -0.1) is 11.3 Å². The van der Waals surface area contributed by atoms with Crippen LogP contribution in [0.5, 0.6) is 5.75 Å². The number of benzene rings is 2. The van der Waals surface area contributed by atoms with E-state index in [-0.39, 0.29) is 0 Å². The van der Waals surface area contributed by atoms with Crippen LogP contribution >= 0.6 is 11.3 Å². The van der Waals surface area contributed by atoms with Crippen LogP contribution in [0.25, 0.3) is 21.1 Å². The number of aliphatic carboxylic acids is 2. The summed E-state index contributed by atoms with van der Waals surface area (Å²) in [6.45, 7) is 3.45. The Morgan fingerprint density at radius 3 is 2.55 bits per heavy atom. The number of carbonyl (C=O) groups is 2. The predicted octanol–water partition coefficient (Wildman–Crippen LogP) is 3.30. The number of methoxy groups -OCH3 is 1. The second-order valence-corrected chi connectivity index (χ2v) is 9.91. The molecule has 0 unspecified atom stereocenters. The van der Waals surface area contributed by atoms with E-state index in [1.54, 1.807) is 24.6 Å². The molecule has 2 aromatic carbocycles. The molecule has 0 radical (unpaired) electrons. The average Bonchev–Trinajstić information content (AvgIpc) is 3.40. The average molecular weight is 539 g/mol. The molecule has 1 aliphatic rings. The van der Waals surface area contributed by atoms with Crippen molar-refractivity contribution in [2.45, 2.75) is 31.5 Å². The van der Waals surface area contributed by atoms with Crippen molar-refractivity contribution in [2.24, 2.45) is 0 Å². The molecule has 200 valence electrons. The number of rotatable bonds is 7. The van der Waals surface area contributed by atoms with Gasteiger partial charge in [-0.3, -0.25) is 4.98 Å². The van der Waals surface area contributed by atoms with Gasteiger partial charge in [0.1, 0.15) is 5.75 Å². The first-order valence-electron chi connectivity index (χ1n) is 12.2. The van der Waals surface area contributed by atoms with Crippen LogP contribution in [0.3, 0.4) is 0 Å². The van der Waals surface area contributed by atoms with E-state index < -0.39 is 18.0 Å². The quantitative estimate of drug-likeness (QED) is 0.259. The highest BCUT2D eigenvalue weighted by molar-refractivity contribution is 7.16. The summed E-state index contributed by atoms with van der Waals surface area (Å²) >= 11 is 1.68. The van der Waals surface area contributed by atoms with Crippen molar-refractivity contribution in [3.05, 3.63) is 65.3 Å². The molecule has 0 bridgehead atoms. The molecule has 1 aliphatic heterocycles. The standard InChI is InChI=1S/C25H28N4O2S.C2H2O4/c1-31-19-3-4-22-21(13-19)20(6-9-26-22)24(30)15-29-10-7-18(8-11-29)27-14-17-2-5-25-23(12-17)28-16-32-25;3-1(4)2(5)6/h2-6,9,12-13,16,18,24,27,30H,7-8,10-11,14-15H2,1H3;(H,3,4)(H,5,6)/t24-;/m0./s1. The Labute approximate surface area is 223 Å². The first-order chi connectivity index (χ1) is 18.3. The third kappa shape index (κ3) is 7.01. The van der Waals surface area contributed by atoms with Crippen LogP contribution < -0.4 is 10.1 Å². The summed E-state index contributed by atoms with van der Waals surface area (Å²) in [7, 11) is 1.66. The second-order valence-electron chi connectivity index (χ2n) is 9.02. The lowest BCUT2D eigenvalue weighted by Gasteiger charge is -2.33. The number of ether oxygens (including phenoxy) is 1. The Hall–Kier alpha value is -3.64. The maximum Gasteiger partial charge on any atom is 0.414 e. The molecule has 38 heavy (non-hydrogen) atoms. The maximum atomic E-state index is 11.0. The fourth-order valence-corrected chi connectivity index (χ4v) is 5.16. The number of nitrogens with zero attached hydrogens (tertiary/aromatic N) is 3. The molecule has 10 nitrogen and oxygen atoms in total. The summed E-state index contributed by atoms with van der Waals surface area (Å²) in [6.07, 6.45) is 3.38. The van der Waals surface area contributed by atoms with Gasteiger partial charge in [-0.05, 0) is 73.5 Å². The number of carboxylic acids is 2. The van der Waals surface area contributed by atoms with Crippen LogP contribution in [0.1, 0.15) is 30.1 Å². The number of aromatic nitrogens is 2. The molecule has 1 fully saturated rings. The van der Waals surface area contributed by atoms with E-state index in [0.29, 0.717) is 12.6 Å². The second kappa shape index (κ2) is 12.7. The zero-order chi connectivity index (χ0) is 27.1. The molecule has 3 heterocycles. The van der Waals surface area contributed by atoms with E-state index in [0.717, 1.165) is 60.2 Å². The Kier molecular flexibility index (Phi) is 9.19. The summed E-state index contributed by atoms with van der Waals surface area (Å²) < 4.78 is 6.60. The maximum absolute atomic E-state index is 11.0. The lowest BCUT2D eigenvalue weighted by atomic mass is 10.0. The van der Waals surface area contributed by atoms with Gasteiger partial charge in [-0.2, -0.15) is 0 Å². The van der Waals surface area contributed by atoms with Crippen molar-refractivity contribution in [3.63, 3.8) is 0 Å². The number of thiazole rings is 1. The smallest absolute Gasteiger partial charge is 0.414 e. The SMILES string of the molecule is COc1ccc2nccc([C@@H](O)CN3CCC(NCc4ccc5scnc5c4)CC3)c2c1.O=C(O)C(=O)O. The first-order valence-corrected chi connectivity index (χ1v) is 13.1. The lowest BCUT2D eigenvalue weighted by molar-refractivity contribution is -0.159. The van der Waals surface area contributed by atoms with Gasteiger partial charge in [0.15, 0.2) is 0 Å². The number of β-amino-alcohol motifs (C(OH)–C–C–N with tert-alkyl or cyclic N) is 1. The molecule has 0 amide bonds. The van der Waals surface area contributed by atoms with Gasteiger partial charge in [0.25, 0.3) is 0 Å². The third-order valence-electron chi connectivity index (χ3n) is 6.53. The highest BCUT2D eigenvalue weighted by Gasteiger charge is 2.22. The zero-order valence-electron chi connectivity index (χ0n) is 20.9. The number of fused-ring (bicyclic) bond motifs is 2. The molecule has 5 rings (SSSR count). The Morgan fingerprint density at radius 2 is 1.84 bits per heavy atom. The highest BCUT2D eigenvalue weighted by Crippen LogP contribution is 2.28. The summed E-state index contributed by atoms with van der Waals surface area (Å²) in [5.41, 5.74) is 6.05. The van der Waals surface area contributed by atoms with Gasteiger partial charge in [0, 0.05) is 30.7 Å². The van der Waals surface area contributed by atoms with Crippen molar-refractivity contribution in [3.8, 4) is 5.75 Å².